The molecule has 0 aromatic heterocycles. The van der Waals surface area contributed by atoms with Crippen molar-refractivity contribution < 1.29 is 0 Å². The van der Waals surface area contributed by atoms with Gasteiger partial charge >= 0.3 is 0 Å². The van der Waals surface area contributed by atoms with E-state index in [0.717, 1.165) is 10.6 Å². The molecule has 0 atom stereocenters. The van der Waals surface area contributed by atoms with E-state index in [9.17, 15) is 0 Å². The smallest absolute Gasteiger partial charge is 0.0406 e. The van der Waals surface area contributed by atoms with Gasteiger partial charge in [0.25, 0.3) is 0 Å². The highest BCUT2D eigenvalue weighted by molar-refractivity contribution is 6.30. The molecule has 0 radical (unpaired) electrons. The third-order valence-electron chi connectivity index (χ3n) is 5.79. The van der Waals surface area contributed by atoms with E-state index in [2.05, 4.69) is 127 Å². The molecule has 0 saturated carbocycles. The van der Waals surface area contributed by atoms with Crippen LogP contribution < -0.4 is 0 Å². The largest absolute Gasteiger partial charge is 0.0843 e. The van der Waals surface area contributed by atoms with E-state index < -0.39 is 0 Å². The maximum Gasteiger partial charge on any atom is 0.0406 e. The van der Waals surface area contributed by atoms with Crippen LogP contribution in [0.15, 0.2) is 140 Å². The van der Waals surface area contributed by atoms with Gasteiger partial charge in [-0.25, -0.2) is 0 Å². The summed E-state index contributed by atoms with van der Waals surface area (Å²) >= 11 is 6.20. The van der Waals surface area contributed by atoms with Crippen LogP contribution in [0, 0.1) is 0 Å². The summed E-state index contributed by atoms with van der Waals surface area (Å²) in [5, 5.41) is 0.740. The topological polar surface area (TPSA) is 0 Å². The van der Waals surface area contributed by atoms with Crippen molar-refractivity contribution >= 4 is 22.7 Å². The lowest BCUT2D eigenvalue weighted by atomic mass is 9.83. The van der Waals surface area contributed by atoms with E-state index >= 15 is 0 Å². The Hall–Kier alpha value is -3.87. The lowest BCUT2D eigenvalue weighted by Gasteiger charge is -2.20. The summed E-state index contributed by atoms with van der Waals surface area (Å²) in [6.45, 7) is 0. The predicted octanol–water partition coefficient (Wildman–Crippen LogP) is 9.01. The summed E-state index contributed by atoms with van der Waals surface area (Å²) in [6.07, 6.45) is 0. The second-order valence-electron chi connectivity index (χ2n) is 7.90. The summed E-state index contributed by atoms with van der Waals surface area (Å²) in [4.78, 5) is 0. The van der Waals surface area contributed by atoms with Crippen molar-refractivity contribution in [2.24, 2.45) is 0 Å². The minimum atomic E-state index is 0.740. The van der Waals surface area contributed by atoms with Crippen molar-refractivity contribution in [3.8, 4) is 11.1 Å². The molecule has 0 spiro atoms. The zero-order valence-corrected chi connectivity index (χ0v) is 18.9. The van der Waals surface area contributed by atoms with E-state index in [1.165, 1.54) is 39.0 Å². The molecular formula is C32H23Cl. The molecule has 158 valence electrons. The highest BCUT2D eigenvalue weighted by atomic mass is 35.5. The third-order valence-corrected chi connectivity index (χ3v) is 6.04. The molecule has 1 heteroatoms. The Bertz CT molecular complexity index is 1330. The van der Waals surface area contributed by atoms with E-state index in [-0.39, 0.29) is 0 Å². The number of benzene rings is 5. The van der Waals surface area contributed by atoms with Crippen LogP contribution in [0.5, 0.6) is 0 Å². The molecule has 0 amide bonds. The Morgan fingerprint density at radius 2 is 0.818 bits per heavy atom. The molecule has 0 heterocycles. The average molecular weight is 443 g/mol. The first kappa shape index (κ1) is 21.0. The number of hydrogen-bond acceptors (Lipinski definition) is 0. The van der Waals surface area contributed by atoms with Crippen molar-refractivity contribution in [2.75, 3.05) is 0 Å². The summed E-state index contributed by atoms with van der Waals surface area (Å²) in [5.74, 6) is 0. The van der Waals surface area contributed by atoms with Crippen molar-refractivity contribution in [3.63, 3.8) is 0 Å². The third kappa shape index (κ3) is 4.53. The molecule has 33 heavy (non-hydrogen) atoms. The first-order valence-electron chi connectivity index (χ1n) is 11.1. The van der Waals surface area contributed by atoms with Crippen LogP contribution in [0.25, 0.3) is 22.3 Å². The van der Waals surface area contributed by atoms with Gasteiger partial charge in [-0.3, -0.25) is 0 Å². The van der Waals surface area contributed by atoms with Gasteiger partial charge in [0, 0.05) is 5.02 Å². The molecule has 0 bridgehead atoms. The lowest BCUT2D eigenvalue weighted by molar-refractivity contribution is 1.49. The van der Waals surface area contributed by atoms with Crippen LogP contribution in [0.2, 0.25) is 5.02 Å². The van der Waals surface area contributed by atoms with Gasteiger partial charge < -0.3 is 0 Å². The summed E-state index contributed by atoms with van der Waals surface area (Å²) in [7, 11) is 0. The molecule has 0 unspecified atom stereocenters. The highest BCUT2D eigenvalue weighted by Gasteiger charge is 2.18. The first-order chi connectivity index (χ1) is 16.3. The monoisotopic (exact) mass is 442 g/mol. The predicted molar refractivity (Wildman–Crippen MR) is 141 cm³/mol. The summed E-state index contributed by atoms with van der Waals surface area (Å²) in [6, 6.07) is 48.7. The van der Waals surface area contributed by atoms with Crippen molar-refractivity contribution in [3.05, 3.63) is 167 Å². The normalized spacial score (nSPS) is 10.6. The molecule has 5 aromatic rings. The first-order valence-corrected chi connectivity index (χ1v) is 11.4. The fourth-order valence-corrected chi connectivity index (χ4v) is 4.41. The Morgan fingerprint density at radius 1 is 0.394 bits per heavy atom. The molecule has 5 rings (SSSR count). The van der Waals surface area contributed by atoms with Crippen molar-refractivity contribution in [1.82, 2.24) is 0 Å². The molecule has 0 aliphatic rings. The Morgan fingerprint density at radius 3 is 1.33 bits per heavy atom. The Kier molecular flexibility index (Phi) is 6.19. The molecular weight excluding hydrogens is 420 g/mol. The Labute approximate surface area is 200 Å². The molecule has 0 saturated heterocycles. The molecule has 0 fully saturated rings. The van der Waals surface area contributed by atoms with Gasteiger partial charge in [0.2, 0.25) is 0 Å². The maximum absolute atomic E-state index is 6.20. The number of halogens is 1. The van der Waals surface area contributed by atoms with Crippen LogP contribution in [-0.2, 0) is 0 Å². The van der Waals surface area contributed by atoms with Crippen LogP contribution in [-0.4, -0.2) is 0 Å². The van der Waals surface area contributed by atoms with Gasteiger partial charge in [-0.05, 0) is 56.7 Å². The van der Waals surface area contributed by atoms with Crippen molar-refractivity contribution in [2.45, 2.75) is 0 Å². The van der Waals surface area contributed by atoms with Gasteiger partial charge in [-0.2, -0.15) is 0 Å². The van der Waals surface area contributed by atoms with Gasteiger partial charge in [-0.15, -0.1) is 0 Å². The standard InChI is InChI=1S/C32H23Cl/c33-28-22-20-24(21-23-28)29-18-10-11-19-30(29)32(27-16-8-3-9-17-27)31(25-12-4-1-5-13-25)26-14-6-2-7-15-26/h1-23H. The quantitative estimate of drug-likeness (QED) is 0.238. The molecule has 5 aromatic carbocycles. The summed E-state index contributed by atoms with van der Waals surface area (Å²) in [5.41, 5.74) is 9.49. The highest BCUT2D eigenvalue weighted by Crippen LogP contribution is 2.40. The van der Waals surface area contributed by atoms with E-state index in [0.29, 0.717) is 0 Å². The second-order valence-corrected chi connectivity index (χ2v) is 8.34. The van der Waals surface area contributed by atoms with E-state index in [1.54, 1.807) is 0 Å². The van der Waals surface area contributed by atoms with Crippen LogP contribution in [0.3, 0.4) is 0 Å². The van der Waals surface area contributed by atoms with Crippen LogP contribution in [0.4, 0.5) is 0 Å². The average Bonchev–Trinajstić information content (AvgIpc) is 2.89. The van der Waals surface area contributed by atoms with E-state index in [1.807, 2.05) is 12.1 Å². The lowest BCUT2D eigenvalue weighted by Crippen LogP contribution is -1.99. The Balaban J connectivity index is 1.88. The van der Waals surface area contributed by atoms with Crippen LogP contribution >= 0.6 is 11.6 Å². The maximum atomic E-state index is 6.20. The van der Waals surface area contributed by atoms with Gasteiger partial charge in [-0.1, -0.05) is 139 Å². The fraction of sp³-hybridized carbons (Fsp3) is 0. The molecule has 0 nitrogen and oxygen atoms in total. The summed E-state index contributed by atoms with van der Waals surface area (Å²) < 4.78 is 0. The second kappa shape index (κ2) is 9.73. The minimum absolute atomic E-state index is 0.740. The molecule has 0 aliphatic carbocycles. The van der Waals surface area contributed by atoms with Gasteiger partial charge in [0.05, 0.1) is 0 Å². The van der Waals surface area contributed by atoms with Crippen molar-refractivity contribution in [1.29, 1.82) is 0 Å². The SMILES string of the molecule is Clc1ccc(-c2ccccc2C(=C(c2ccccc2)c2ccccc2)c2ccccc2)cc1. The van der Waals surface area contributed by atoms with Gasteiger partial charge in [0.1, 0.15) is 0 Å². The minimum Gasteiger partial charge on any atom is -0.0843 e. The molecule has 0 aliphatic heterocycles. The van der Waals surface area contributed by atoms with Gasteiger partial charge in [0.15, 0.2) is 0 Å². The molecule has 0 N–H and O–H groups in total. The number of hydrogen-bond donors (Lipinski definition) is 0. The zero-order chi connectivity index (χ0) is 22.5. The zero-order valence-electron chi connectivity index (χ0n) is 18.2. The fourth-order valence-electron chi connectivity index (χ4n) is 4.29. The van der Waals surface area contributed by atoms with E-state index in [4.69, 9.17) is 11.6 Å². The van der Waals surface area contributed by atoms with Crippen LogP contribution in [0.1, 0.15) is 22.3 Å². The number of rotatable bonds is 5.